The van der Waals surface area contributed by atoms with Crippen LogP contribution in [-0.2, 0) is 0 Å². The number of rotatable bonds is 4. The molecule has 2 aromatic carbocycles. The molecule has 156 valence electrons. The van der Waals surface area contributed by atoms with Gasteiger partial charge in [-0.15, -0.1) is 0 Å². The number of nitrogens with zero attached hydrogens (tertiary/aromatic N) is 2. The van der Waals surface area contributed by atoms with Crippen LogP contribution in [0.4, 0.5) is 5.69 Å². The Kier molecular flexibility index (Phi) is 5.12. The van der Waals surface area contributed by atoms with Crippen LogP contribution in [0.1, 0.15) is 20.7 Å². The summed E-state index contributed by atoms with van der Waals surface area (Å²) in [5.74, 6) is -0.680. The molecule has 2 heterocycles. The number of primary amides is 1. The van der Waals surface area contributed by atoms with Gasteiger partial charge in [-0.05, 0) is 35.4 Å². The Labute approximate surface area is 183 Å². The second-order valence-corrected chi connectivity index (χ2v) is 7.73. The highest BCUT2D eigenvalue weighted by Gasteiger charge is 2.18. The smallest absolute Gasteiger partial charge is 0.255 e. The van der Waals surface area contributed by atoms with Gasteiger partial charge in [0.15, 0.2) is 0 Å². The van der Waals surface area contributed by atoms with Crippen LogP contribution < -0.4 is 11.5 Å². The van der Waals surface area contributed by atoms with Crippen molar-refractivity contribution in [1.82, 2.24) is 14.9 Å². The van der Waals surface area contributed by atoms with E-state index in [9.17, 15) is 9.59 Å². The first-order valence-corrected chi connectivity index (χ1v) is 9.83. The van der Waals surface area contributed by atoms with Crippen LogP contribution in [0.2, 0.25) is 5.02 Å². The van der Waals surface area contributed by atoms with Crippen LogP contribution >= 0.6 is 11.6 Å². The van der Waals surface area contributed by atoms with E-state index in [1.54, 1.807) is 44.6 Å². The van der Waals surface area contributed by atoms with Crippen LogP contribution in [0.5, 0.6) is 0 Å². The van der Waals surface area contributed by atoms with E-state index in [-0.39, 0.29) is 5.91 Å². The van der Waals surface area contributed by atoms with Gasteiger partial charge in [0.25, 0.3) is 5.91 Å². The summed E-state index contributed by atoms with van der Waals surface area (Å²) in [5.41, 5.74) is 16.3. The van der Waals surface area contributed by atoms with E-state index in [1.807, 2.05) is 24.4 Å². The summed E-state index contributed by atoms with van der Waals surface area (Å²) in [6, 6.07) is 12.2. The van der Waals surface area contributed by atoms with Crippen LogP contribution in [0.25, 0.3) is 33.3 Å². The molecule has 0 bridgehead atoms. The minimum Gasteiger partial charge on any atom is -0.398 e. The fourth-order valence-corrected chi connectivity index (χ4v) is 3.80. The highest BCUT2D eigenvalue weighted by atomic mass is 35.5. The van der Waals surface area contributed by atoms with Crippen molar-refractivity contribution < 1.29 is 9.59 Å². The fraction of sp³-hybridized carbons (Fsp3) is 0.0870. The molecule has 8 heteroatoms. The molecule has 0 aliphatic carbocycles. The average molecular weight is 434 g/mol. The number of hydrogen-bond acceptors (Lipinski definition) is 4. The molecule has 2 amide bonds. The van der Waals surface area contributed by atoms with E-state index in [0.717, 1.165) is 22.1 Å². The summed E-state index contributed by atoms with van der Waals surface area (Å²) in [7, 11) is 3.34. The van der Waals surface area contributed by atoms with Gasteiger partial charge in [-0.3, -0.25) is 9.59 Å². The maximum Gasteiger partial charge on any atom is 0.255 e. The highest BCUT2D eigenvalue weighted by Crippen LogP contribution is 2.39. The van der Waals surface area contributed by atoms with Crippen LogP contribution in [0.15, 0.2) is 54.9 Å². The minimum absolute atomic E-state index is 0.193. The number of benzene rings is 2. The second-order valence-electron chi connectivity index (χ2n) is 7.36. The van der Waals surface area contributed by atoms with Crippen molar-refractivity contribution in [3.8, 4) is 22.3 Å². The van der Waals surface area contributed by atoms with Gasteiger partial charge in [0.05, 0.1) is 10.6 Å². The molecule has 0 unspecified atom stereocenters. The zero-order valence-electron chi connectivity index (χ0n) is 16.9. The molecule has 0 aliphatic rings. The SMILES string of the molecule is CN(C)C(=O)c1cc(-c2cnc3[nH]cc(-c4ccc(C(N)=O)cc4)c3c2Cl)ccc1N. The second kappa shape index (κ2) is 7.77. The average Bonchev–Trinajstić information content (AvgIpc) is 3.19. The number of nitrogen functional groups attached to an aromatic ring is 1. The Balaban J connectivity index is 1.86. The number of halogens is 1. The first-order chi connectivity index (χ1) is 14.8. The van der Waals surface area contributed by atoms with Crippen molar-refractivity contribution in [2.24, 2.45) is 5.73 Å². The lowest BCUT2D eigenvalue weighted by molar-refractivity contribution is 0.0828. The molecule has 4 aromatic rings. The lowest BCUT2D eigenvalue weighted by Crippen LogP contribution is -2.22. The van der Waals surface area contributed by atoms with Crippen molar-refractivity contribution in [2.45, 2.75) is 0 Å². The third kappa shape index (κ3) is 3.60. The lowest BCUT2D eigenvalue weighted by atomic mass is 9.99. The van der Waals surface area contributed by atoms with E-state index in [4.69, 9.17) is 23.1 Å². The summed E-state index contributed by atoms with van der Waals surface area (Å²) in [6.07, 6.45) is 3.48. The van der Waals surface area contributed by atoms with Gasteiger partial charge in [0, 0.05) is 54.3 Å². The van der Waals surface area contributed by atoms with E-state index >= 15 is 0 Å². The van der Waals surface area contributed by atoms with Gasteiger partial charge in [-0.25, -0.2) is 4.98 Å². The molecule has 0 radical (unpaired) electrons. The summed E-state index contributed by atoms with van der Waals surface area (Å²) in [6.45, 7) is 0. The summed E-state index contributed by atoms with van der Waals surface area (Å²) >= 11 is 6.83. The molecule has 0 fully saturated rings. The van der Waals surface area contributed by atoms with Gasteiger partial charge in [-0.2, -0.15) is 0 Å². The molecule has 5 N–H and O–H groups in total. The van der Waals surface area contributed by atoms with Gasteiger partial charge >= 0.3 is 0 Å². The van der Waals surface area contributed by atoms with Crippen molar-refractivity contribution >= 4 is 40.1 Å². The number of fused-ring (bicyclic) bond motifs is 1. The zero-order chi connectivity index (χ0) is 22.3. The number of pyridine rings is 1. The standard InChI is InChI=1S/C23H20ClN5O2/c1-29(2)23(31)15-9-14(7-8-18(15)25)17-11-28-22-19(20(17)24)16(10-27-22)12-3-5-13(6-4-12)21(26)30/h3-11H,25H2,1-2H3,(H2,26,30)(H,27,28). The minimum atomic E-state index is -0.487. The van der Waals surface area contributed by atoms with Crippen molar-refractivity contribution in [3.05, 3.63) is 71.0 Å². The monoisotopic (exact) mass is 433 g/mol. The number of hydrogen-bond donors (Lipinski definition) is 3. The van der Waals surface area contributed by atoms with Gasteiger partial charge in [0.2, 0.25) is 5.91 Å². The van der Waals surface area contributed by atoms with E-state index in [1.165, 1.54) is 4.90 Å². The van der Waals surface area contributed by atoms with Gasteiger partial charge < -0.3 is 21.4 Å². The number of carbonyl (C=O) groups excluding carboxylic acids is 2. The number of nitrogens with two attached hydrogens (primary N) is 2. The van der Waals surface area contributed by atoms with E-state index < -0.39 is 5.91 Å². The number of nitrogens with one attached hydrogen (secondary N) is 1. The summed E-state index contributed by atoms with van der Waals surface area (Å²) in [4.78, 5) is 32.9. The Hall–Kier alpha value is -3.84. The van der Waals surface area contributed by atoms with Crippen molar-refractivity contribution in [1.29, 1.82) is 0 Å². The first-order valence-electron chi connectivity index (χ1n) is 9.45. The summed E-state index contributed by atoms with van der Waals surface area (Å²) < 4.78 is 0. The summed E-state index contributed by atoms with van der Waals surface area (Å²) in [5, 5.41) is 1.23. The molecule has 0 saturated heterocycles. The molecule has 7 nitrogen and oxygen atoms in total. The molecule has 0 spiro atoms. The molecule has 0 aliphatic heterocycles. The maximum absolute atomic E-state index is 12.5. The molecular formula is C23H20ClN5O2. The Morgan fingerprint density at radius 3 is 2.35 bits per heavy atom. The van der Waals surface area contributed by atoms with Crippen LogP contribution in [0.3, 0.4) is 0 Å². The third-order valence-electron chi connectivity index (χ3n) is 5.12. The lowest BCUT2D eigenvalue weighted by Gasteiger charge is -2.14. The number of anilines is 1. The number of aromatic amines is 1. The molecule has 0 atom stereocenters. The largest absolute Gasteiger partial charge is 0.398 e. The molecular weight excluding hydrogens is 414 g/mol. The third-order valence-corrected chi connectivity index (χ3v) is 5.51. The van der Waals surface area contributed by atoms with Crippen molar-refractivity contribution in [3.63, 3.8) is 0 Å². The zero-order valence-corrected chi connectivity index (χ0v) is 17.7. The Bertz CT molecular complexity index is 1330. The van der Waals surface area contributed by atoms with E-state index in [2.05, 4.69) is 9.97 Å². The maximum atomic E-state index is 12.5. The van der Waals surface area contributed by atoms with Gasteiger partial charge in [-0.1, -0.05) is 29.8 Å². The normalized spacial score (nSPS) is 10.9. The fourth-order valence-electron chi connectivity index (χ4n) is 3.45. The Morgan fingerprint density at radius 1 is 1.03 bits per heavy atom. The van der Waals surface area contributed by atoms with Crippen LogP contribution in [-0.4, -0.2) is 40.8 Å². The highest BCUT2D eigenvalue weighted by molar-refractivity contribution is 6.39. The number of H-pyrrole nitrogens is 1. The predicted octanol–water partition coefficient (Wildman–Crippen LogP) is 3.93. The quantitative estimate of drug-likeness (QED) is 0.422. The van der Waals surface area contributed by atoms with E-state index in [0.29, 0.717) is 33.0 Å². The topological polar surface area (TPSA) is 118 Å². The number of aromatic nitrogens is 2. The molecule has 31 heavy (non-hydrogen) atoms. The molecule has 0 saturated carbocycles. The number of carbonyl (C=O) groups is 2. The molecule has 2 aromatic heterocycles. The predicted molar refractivity (Wildman–Crippen MR) is 123 cm³/mol. The van der Waals surface area contributed by atoms with Crippen molar-refractivity contribution in [2.75, 3.05) is 19.8 Å². The number of amides is 2. The Morgan fingerprint density at radius 2 is 1.71 bits per heavy atom. The molecule has 4 rings (SSSR count). The van der Waals surface area contributed by atoms with Crippen LogP contribution in [0, 0.1) is 0 Å². The van der Waals surface area contributed by atoms with Gasteiger partial charge in [0.1, 0.15) is 5.65 Å². The first kappa shape index (κ1) is 20.4.